The minimum atomic E-state index is -0.280. The quantitative estimate of drug-likeness (QED) is 0.440. The van der Waals surface area contributed by atoms with Crippen molar-refractivity contribution in [3.63, 3.8) is 0 Å². The second kappa shape index (κ2) is 8.71. The maximum absolute atomic E-state index is 12.2. The number of carbonyl (C=O) groups excluding carboxylic acids is 2. The van der Waals surface area contributed by atoms with Crippen LogP contribution in [0.1, 0.15) is 35.5 Å². The van der Waals surface area contributed by atoms with Crippen molar-refractivity contribution in [2.45, 2.75) is 27.2 Å². The monoisotopic (exact) mass is 422 g/mol. The summed E-state index contributed by atoms with van der Waals surface area (Å²) in [5.74, 6) is 1.15. The molecular formula is C22H26N6O3. The number of esters is 1. The fourth-order valence-electron chi connectivity index (χ4n) is 3.94. The first kappa shape index (κ1) is 20.8. The first-order chi connectivity index (χ1) is 15.0. The van der Waals surface area contributed by atoms with Crippen LogP contribution >= 0.6 is 0 Å². The largest absolute Gasteiger partial charge is 0.466 e. The van der Waals surface area contributed by atoms with E-state index < -0.39 is 0 Å². The lowest BCUT2D eigenvalue weighted by Crippen LogP contribution is -2.47. The number of hydrogen-bond acceptors (Lipinski definition) is 8. The Morgan fingerprint density at radius 2 is 1.74 bits per heavy atom. The lowest BCUT2D eigenvalue weighted by atomic mass is 10.1. The number of aryl methyl sites for hydroxylation is 1. The molecule has 1 aliphatic heterocycles. The molecule has 0 N–H and O–H groups in total. The van der Waals surface area contributed by atoms with Crippen LogP contribution in [0, 0.1) is 6.92 Å². The topological polar surface area (TPSA) is 92.9 Å². The Labute approximate surface area is 180 Å². The molecule has 1 aliphatic rings. The highest BCUT2D eigenvalue weighted by Gasteiger charge is 2.26. The van der Waals surface area contributed by atoms with Crippen molar-refractivity contribution in [1.29, 1.82) is 0 Å². The molecule has 0 unspecified atom stereocenters. The van der Waals surface area contributed by atoms with E-state index in [-0.39, 0.29) is 18.2 Å². The van der Waals surface area contributed by atoms with Crippen molar-refractivity contribution < 1.29 is 14.3 Å². The Kier molecular flexibility index (Phi) is 5.83. The lowest BCUT2D eigenvalue weighted by molar-refractivity contribution is -0.142. The van der Waals surface area contributed by atoms with Crippen LogP contribution < -0.4 is 9.80 Å². The van der Waals surface area contributed by atoms with Crippen molar-refractivity contribution in [3.05, 3.63) is 47.4 Å². The number of carbonyl (C=O) groups is 2. The van der Waals surface area contributed by atoms with Crippen LogP contribution in [0.15, 0.2) is 30.6 Å². The molecule has 2 aromatic heterocycles. The molecule has 1 fully saturated rings. The zero-order chi connectivity index (χ0) is 22.0. The Morgan fingerprint density at radius 1 is 1.06 bits per heavy atom. The summed E-state index contributed by atoms with van der Waals surface area (Å²) in [4.78, 5) is 37.0. The molecule has 31 heavy (non-hydrogen) atoms. The summed E-state index contributed by atoms with van der Waals surface area (Å²) >= 11 is 0. The number of nitrogens with zero attached hydrogens (tertiary/aromatic N) is 6. The van der Waals surface area contributed by atoms with Gasteiger partial charge < -0.3 is 14.5 Å². The highest BCUT2D eigenvalue weighted by atomic mass is 16.5. The van der Waals surface area contributed by atoms with E-state index in [0.717, 1.165) is 48.9 Å². The summed E-state index contributed by atoms with van der Waals surface area (Å²) in [7, 11) is 0. The Bertz CT molecular complexity index is 1100. The Morgan fingerprint density at radius 3 is 2.39 bits per heavy atom. The summed E-state index contributed by atoms with van der Waals surface area (Å²) < 4.78 is 6.88. The molecule has 0 atom stereocenters. The summed E-state index contributed by atoms with van der Waals surface area (Å²) in [6.45, 7) is 8.71. The van der Waals surface area contributed by atoms with Crippen molar-refractivity contribution in [1.82, 2.24) is 19.6 Å². The molecule has 1 saturated heterocycles. The van der Waals surface area contributed by atoms with Crippen LogP contribution in [0.4, 0.5) is 11.5 Å². The van der Waals surface area contributed by atoms with Crippen LogP contribution in [0.2, 0.25) is 0 Å². The number of piperazine rings is 1. The van der Waals surface area contributed by atoms with E-state index in [9.17, 15) is 9.59 Å². The molecule has 0 radical (unpaired) electrons. The van der Waals surface area contributed by atoms with Crippen molar-refractivity contribution in [3.8, 4) is 0 Å². The van der Waals surface area contributed by atoms with E-state index in [1.807, 2.05) is 31.2 Å². The average molecular weight is 422 g/mol. The SMILES string of the molecule is CCOC(=O)Cc1c(C)nc2ncnn2c1N1CCN(c2ccc(C(C)=O)cc2)CC1. The Balaban J connectivity index is 1.58. The first-order valence-electron chi connectivity index (χ1n) is 10.4. The molecule has 1 aromatic carbocycles. The molecule has 0 aliphatic carbocycles. The predicted molar refractivity (Wildman–Crippen MR) is 117 cm³/mol. The van der Waals surface area contributed by atoms with Crippen LogP contribution in [0.3, 0.4) is 0 Å². The number of hydrogen-bond donors (Lipinski definition) is 0. The third-order valence-electron chi connectivity index (χ3n) is 5.55. The maximum atomic E-state index is 12.2. The number of fused-ring (bicyclic) bond motifs is 1. The van der Waals surface area contributed by atoms with Gasteiger partial charge in [-0.3, -0.25) is 9.59 Å². The zero-order valence-electron chi connectivity index (χ0n) is 18.0. The predicted octanol–water partition coefficient (Wildman–Crippen LogP) is 2.07. The molecule has 4 rings (SSSR count). The number of anilines is 2. The van der Waals surface area contributed by atoms with Crippen LogP contribution in [0.5, 0.6) is 0 Å². The number of ketones is 1. The molecule has 9 heteroatoms. The van der Waals surface area contributed by atoms with Gasteiger partial charge in [0.05, 0.1) is 13.0 Å². The van der Waals surface area contributed by atoms with Gasteiger partial charge in [-0.2, -0.15) is 14.6 Å². The van der Waals surface area contributed by atoms with E-state index >= 15 is 0 Å². The molecular weight excluding hydrogens is 396 g/mol. The summed E-state index contributed by atoms with van der Waals surface area (Å²) in [6.07, 6.45) is 1.62. The van der Waals surface area contributed by atoms with E-state index in [0.29, 0.717) is 17.9 Å². The van der Waals surface area contributed by atoms with Gasteiger partial charge in [0.15, 0.2) is 5.78 Å². The number of benzene rings is 1. The van der Waals surface area contributed by atoms with Crippen LogP contribution in [-0.4, -0.2) is 64.1 Å². The van der Waals surface area contributed by atoms with Gasteiger partial charge in [-0.15, -0.1) is 0 Å². The second-order valence-electron chi connectivity index (χ2n) is 7.53. The van der Waals surface area contributed by atoms with E-state index in [1.165, 1.54) is 6.33 Å². The van der Waals surface area contributed by atoms with Gasteiger partial charge in [0.1, 0.15) is 12.1 Å². The molecule has 0 bridgehead atoms. The highest BCUT2D eigenvalue weighted by molar-refractivity contribution is 5.94. The molecule has 0 amide bonds. The van der Waals surface area contributed by atoms with Gasteiger partial charge in [-0.1, -0.05) is 0 Å². The third-order valence-corrected chi connectivity index (χ3v) is 5.55. The number of aromatic nitrogens is 4. The highest BCUT2D eigenvalue weighted by Crippen LogP contribution is 2.27. The lowest BCUT2D eigenvalue weighted by Gasteiger charge is -2.38. The van der Waals surface area contributed by atoms with Gasteiger partial charge in [-0.05, 0) is 45.0 Å². The average Bonchev–Trinajstić information content (AvgIpc) is 3.22. The fraction of sp³-hybridized carbons (Fsp3) is 0.409. The molecule has 0 saturated carbocycles. The number of rotatable bonds is 6. The smallest absolute Gasteiger partial charge is 0.310 e. The molecule has 3 heterocycles. The third kappa shape index (κ3) is 4.21. The number of Topliss-reactive ketones (excluding diaryl/α,β-unsaturated/α-hetero) is 1. The minimum absolute atomic E-state index is 0.0652. The van der Waals surface area contributed by atoms with Gasteiger partial charge in [0.2, 0.25) is 0 Å². The van der Waals surface area contributed by atoms with Gasteiger partial charge in [-0.25, -0.2) is 4.98 Å². The van der Waals surface area contributed by atoms with Crippen LogP contribution in [-0.2, 0) is 16.0 Å². The van der Waals surface area contributed by atoms with Gasteiger partial charge >= 0.3 is 5.97 Å². The summed E-state index contributed by atoms with van der Waals surface area (Å²) in [6, 6.07) is 7.72. The maximum Gasteiger partial charge on any atom is 0.310 e. The summed E-state index contributed by atoms with van der Waals surface area (Å²) in [5.41, 5.74) is 3.38. The first-order valence-corrected chi connectivity index (χ1v) is 10.4. The fourth-order valence-corrected chi connectivity index (χ4v) is 3.94. The molecule has 9 nitrogen and oxygen atoms in total. The van der Waals surface area contributed by atoms with Crippen molar-refractivity contribution in [2.24, 2.45) is 0 Å². The molecule has 0 spiro atoms. The van der Waals surface area contributed by atoms with Crippen molar-refractivity contribution >= 4 is 29.0 Å². The van der Waals surface area contributed by atoms with Gasteiger partial charge in [0, 0.05) is 48.7 Å². The minimum Gasteiger partial charge on any atom is -0.466 e. The van der Waals surface area contributed by atoms with E-state index in [4.69, 9.17) is 4.74 Å². The number of ether oxygens (including phenoxy) is 1. The molecule has 3 aromatic rings. The van der Waals surface area contributed by atoms with E-state index in [1.54, 1.807) is 18.4 Å². The standard InChI is InChI=1S/C22H26N6O3/c1-4-31-20(30)13-19-15(2)25-22-23-14-24-28(22)21(19)27-11-9-26(10-12-27)18-7-5-17(6-8-18)16(3)29/h5-8,14H,4,9-13H2,1-3H3. The molecule has 162 valence electrons. The van der Waals surface area contributed by atoms with Gasteiger partial charge in [0.25, 0.3) is 5.78 Å². The summed E-state index contributed by atoms with van der Waals surface area (Å²) in [5, 5.41) is 4.36. The van der Waals surface area contributed by atoms with Crippen molar-refractivity contribution in [2.75, 3.05) is 42.6 Å². The Hall–Kier alpha value is -3.49. The van der Waals surface area contributed by atoms with Crippen LogP contribution in [0.25, 0.3) is 5.78 Å². The second-order valence-corrected chi connectivity index (χ2v) is 7.53. The zero-order valence-corrected chi connectivity index (χ0v) is 18.0. The normalized spacial score (nSPS) is 14.2. The van der Waals surface area contributed by atoms with E-state index in [2.05, 4.69) is 24.9 Å².